The molecule has 0 radical (unpaired) electrons. The monoisotopic (exact) mass is 385 g/mol. The highest BCUT2D eigenvalue weighted by molar-refractivity contribution is 6.35. The van der Waals surface area contributed by atoms with Crippen LogP contribution in [0.4, 0.5) is 4.39 Å². The van der Waals surface area contributed by atoms with Gasteiger partial charge < -0.3 is 10.3 Å². The smallest absolute Gasteiger partial charge is 0.233 e. The normalized spacial score (nSPS) is 12.3. The lowest BCUT2D eigenvalue weighted by Gasteiger charge is -2.13. The van der Waals surface area contributed by atoms with Crippen LogP contribution in [0.5, 0.6) is 0 Å². The molecule has 0 spiro atoms. The van der Waals surface area contributed by atoms with E-state index in [1.807, 2.05) is 6.92 Å². The summed E-state index contributed by atoms with van der Waals surface area (Å²) in [4.78, 5) is 27.2. The zero-order valence-electron chi connectivity index (χ0n) is 14.5. The number of H-pyrrole nitrogens is 1. The third-order valence-electron chi connectivity index (χ3n) is 4.26. The van der Waals surface area contributed by atoms with Gasteiger partial charge in [0.2, 0.25) is 5.78 Å². The van der Waals surface area contributed by atoms with E-state index < -0.39 is 5.82 Å². The fourth-order valence-corrected chi connectivity index (χ4v) is 3.51. The zero-order chi connectivity index (χ0) is 18.9. The third kappa shape index (κ3) is 4.11. The highest BCUT2D eigenvalue weighted by Gasteiger charge is 2.22. The summed E-state index contributed by atoms with van der Waals surface area (Å²) in [5.41, 5.74) is 2.90. The second-order valence-corrected chi connectivity index (χ2v) is 6.94. The van der Waals surface area contributed by atoms with E-state index in [0.29, 0.717) is 33.1 Å². The predicted molar refractivity (Wildman–Crippen MR) is 96.2 cm³/mol. The number of carbonyl (C=O) groups is 2. The molecule has 0 aliphatic carbocycles. The Labute approximate surface area is 155 Å². The lowest BCUT2D eigenvalue weighted by Crippen LogP contribution is -2.86. The van der Waals surface area contributed by atoms with Crippen LogP contribution in [0, 0.1) is 19.7 Å². The van der Waals surface area contributed by atoms with E-state index in [0.717, 1.165) is 0 Å². The summed E-state index contributed by atoms with van der Waals surface area (Å²) in [6, 6.07) is 2.41. The van der Waals surface area contributed by atoms with Crippen LogP contribution in [0.3, 0.4) is 0 Å². The van der Waals surface area contributed by atoms with Gasteiger partial charge in [-0.1, -0.05) is 23.2 Å². The molecule has 0 fully saturated rings. The van der Waals surface area contributed by atoms with Gasteiger partial charge >= 0.3 is 0 Å². The third-order valence-corrected chi connectivity index (χ3v) is 4.87. The molecule has 7 heteroatoms. The number of halogens is 3. The summed E-state index contributed by atoms with van der Waals surface area (Å²) in [6.07, 6.45) is 0. The highest BCUT2D eigenvalue weighted by atomic mass is 35.5. The molecule has 0 bridgehead atoms. The molecule has 134 valence electrons. The van der Waals surface area contributed by atoms with Crippen molar-refractivity contribution in [2.45, 2.75) is 33.7 Å². The van der Waals surface area contributed by atoms with Gasteiger partial charge in [0.15, 0.2) is 5.78 Å². The maximum absolute atomic E-state index is 13.7. The first-order valence-electron chi connectivity index (χ1n) is 7.84. The molecule has 1 aromatic heterocycles. The molecule has 3 N–H and O–H groups in total. The van der Waals surface area contributed by atoms with E-state index in [4.69, 9.17) is 23.2 Å². The van der Waals surface area contributed by atoms with Crippen LogP contribution in [0.2, 0.25) is 10.0 Å². The minimum Gasteiger partial charge on any atom is -0.355 e. The van der Waals surface area contributed by atoms with E-state index in [2.05, 4.69) is 4.98 Å². The highest BCUT2D eigenvalue weighted by Crippen LogP contribution is 2.27. The number of nitrogens with two attached hydrogens (primary N) is 1. The van der Waals surface area contributed by atoms with Crippen molar-refractivity contribution in [1.29, 1.82) is 0 Å². The molecule has 0 saturated carbocycles. The maximum Gasteiger partial charge on any atom is 0.233 e. The quantitative estimate of drug-likeness (QED) is 0.586. The number of ketones is 2. The summed E-state index contributed by atoms with van der Waals surface area (Å²) in [6.45, 7) is 6.96. The van der Waals surface area contributed by atoms with Gasteiger partial charge in [-0.25, -0.2) is 4.39 Å². The Morgan fingerprint density at radius 3 is 2.44 bits per heavy atom. The molecule has 1 atom stereocenters. The number of rotatable bonds is 6. The largest absolute Gasteiger partial charge is 0.355 e. The average Bonchev–Trinajstić information content (AvgIpc) is 2.83. The maximum atomic E-state index is 13.7. The van der Waals surface area contributed by atoms with Crippen molar-refractivity contribution in [2.24, 2.45) is 0 Å². The second kappa shape index (κ2) is 7.68. The molecular formula is C18H20Cl2FN2O2+. The SMILES string of the molecule is CC(=O)c1c(C)[nH]c(C(=O)C[NH2+][C@@H](C)c2cc(F)c(Cl)cc2Cl)c1C. The number of carbonyl (C=O) groups excluding carboxylic acids is 2. The van der Waals surface area contributed by atoms with Crippen molar-refractivity contribution in [2.75, 3.05) is 6.54 Å². The van der Waals surface area contributed by atoms with Gasteiger partial charge in [-0.05, 0) is 45.4 Å². The van der Waals surface area contributed by atoms with Gasteiger partial charge in [0.25, 0.3) is 0 Å². The number of aromatic amines is 1. The Morgan fingerprint density at radius 1 is 1.24 bits per heavy atom. The van der Waals surface area contributed by atoms with Crippen LogP contribution in [0.15, 0.2) is 12.1 Å². The van der Waals surface area contributed by atoms with Crippen LogP contribution in [-0.4, -0.2) is 23.1 Å². The van der Waals surface area contributed by atoms with E-state index in [1.165, 1.54) is 19.1 Å². The first-order chi connectivity index (χ1) is 11.6. The Hall–Kier alpha value is -1.69. The number of aryl methyl sites for hydroxylation is 1. The van der Waals surface area contributed by atoms with Crippen LogP contribution in [0.1, 0.15) is 57.6 Å². The van der Waals surface area contributed by atoms with Gasteiger partial charge in [0.05, 0.1) is 15.7 Å². The Balaban J connectivity index is 2.14. The summed E-state index contributed by atoms with van der Waals surface area (Å²) < 4.78 is 13.7. The average molecular weight is 386 g/mol. The summed E-state index contributed by atoms with van der Waals surface area (Å²) >= 11 is 11.8. The van der Waals surface area contributed by atoms with Gasteiger partial charge in [-0.2, -0.15) is 0 Å². The zero-order valence-corrected chi connectivity index (χ0v) is 16.0. The first kappa shape index (κ1) is 19.6. The first-order valence-corrected chi connectivity index (χ1v) is 8.60. The number of aromatic nitrogens is 1. The molecule has 4 nitrogen and oxygen atoms in total. The minimum absolute atomic E-state index is 0.0359. The fraction of sp³-hybridized carbons (Fsp3) is 0.333. The van der Waals surface area contributed by atoms with Crippen molar-refractivity contribution < 1.29 is 19.3 Å². The summed E-state index contributed by atoms with van der Waals surface area (Å²) in [5.74, 6) is -0.758. The van der Waals surface area contributed by atoms with E-state index in [-0.39, 0.29) is 29.2 Å². The Bertz CT molecular complexity index is 846. The van der Waals surface area contributed by atoms with Gasteiger partial charge in [-0.15, -0.1) is 0 Å². The molecule has 0 unspecified atom stereocenters. The van der Waals surface area contributed by atoms with E-state index in [1.54, 1.807) is 19.2 Å². The summed E-state index contributed by atoms with van der Waals surface area (Å²) in [7, 11) is 0. The Morgan fingerprint density at radius 2 is 1.88 bits per heavy atom. The van der Waals surface area contributed by atoms with Gasteiger partial charge in [0.1, 0.15) is 18.4 Å². The van der Waals surface area contributed by atoms with Crippen molar-refractivity contribution in [3.05, 3.63) is 56.1 Å². The van der Waals surface area contributed by atoms with Crippen LogP contribution in [0.25, 0.3) is 0 Å². The lowest BCUT2D eigenvalue weighted by atomic mass is 10.0. The molecular weight excluding hydrogens is 366 g/mol. The van der Waals surface area contributed by atoms with Gasteiger partial charge in [0, 0.05) is 16.8 Å². The van der Waals surface area contributed by atoms with Crippen molar-refractivity contribution in [3.8, 4) is 0 Å². The lowest BCUT2D eigenvalue weighted by molar-refractivity contribution is -0.681. The molecule has 0 saturated heterocycles. The number of benzene rings is 1. The molecule has 0 amide bonds. The Kier molecular flexibility index (Phi) is 6.03. The van der Waals surface area contributed by atoms with Gasteiger partial charge in [-0.3, -0.25) is 9.59 Å². The number of nitrogens with one attached hydrogen (secondary N) is 1. The topological polar surface area (TPSA) is 66.5 Å². The van der Waals surface area contributed by atoms with E-state index in [9.17, 15) is 14.0 Å². The molecule has 0 aliphatic rings. The van der Waals surface area contributed by atoms with Crippen LogP contribution in [-0.2, 0) is 0 Å². The molecule has 25 heavy (non-hydrogen) atoms. The summed E-state index contributed by atoms with van der Waals surface area (Å²) in [5, 5.41) is 2.08. The second-order valence-electron chi connectivity index (χ2n) is 6.12. The number of quaternary nitrogens is 1. The van der Waals surface area contributed by atoms with Crippen molar-refractivity contribution in [1.82, 2.24) is 4.98 Å². The molecule has 2 rings (SSSR count). The number of hydrogen-bond acceptors (Lipinski definition) is 2. The van der Waals surface area contributed by atoms with E-state index >= 15 is 0 Å². The van der Waals surface area contributed by atoms with Crippen LogP contribution >= 0.6 is 23.2 Å². The van der Waals surface area contributed by atoms with Crippen LogP contribution < -0.4 is 5.32 Å². The molecule has 1 aromatic carbocycles. The number of Topliss-reactive ketones (excluding diaryl/α,β-unsaturated/α-hetero) is 2. The van der Waals surface area contributed by atoms with Crippen molar-refractivity contribution >= 4 is 34.8 Å². The molecule has 0 aliphatic heterocycles. The number of hydrogen-bond donors (Lipinski definition) is 2. The molecule has 2 aromatic rings. The fourth-order valence-electron chi connectivity index (χ4n) is 2.96. The predicted octanol–water partition coefficient (Wildman–Crippen LogP) is 3.79. The molecule has 1 heterocycles. The standard InChI is InChI=1S/C18H19Cl2FN2O2/c1-8-17(11(4)24)10(3)23-18(8)16(25)7-22-9(2)12-5-15(21)14(20)6-13(12)19/h5-6,9,22-23H,7H2,1-4H3/p+1/t9-/m0/s1. The van der Waals surface area contributed by atoms with Crippen molar-refractivity contribution in [3.63, 3.8) is 0 Å². The minimum atomic E-state index is -0.547.